The van der Waals surface area contributed by atoms with Crippen LogP contribution in [0.25, 0.3) is 133 Å². The molecule has 10 aromatic carbocycles. The molecule has 0 amide bonds. The molecule has 0 saturated carbocycles. The largest absolute Gasteiger partial charge is 0.456 e. The first-order chi connectivity index (χ1) is 34.2. The van der Waals surface area contributed by atoms with Crippen LogP contribution in [-0.4, -0.2) is 24.1 Å². The van der Waals surface area contributed by atoms with Gasteiger partial charge in [0.05, 0.1) is 22.1 Å². The Bertz CT molecular complexity index is 4230. The van der Waals surface area contributed by atoms with Crippen molar-refractivity contribution in [1.29, 1.82) is 0 Å². The summed E-state index contributed by atoms with van der Waals surface area (Å²) in [6.07, 6.45) is 0. The lowest BCUT2D eigenvalue weighted by molar-refractivity contribution is 0.669. The third kappa shape index (κ3) is 6.38. The molecule has 0 fully saturated rings. The first kappa shape index (κ1) is 38.8. The fourth-order valence-corrected chi connectivity index (χ4v) is 10.4. The summed E-state index contributed by atoms with van der Waals surface area (Å²) in [5.41, 5.74) is 15.8. The maximum absolute atomic E-state index is 6.56. The van der Waals surface area contributed by atoms with Crippen molar-refractivity contribution in [1.82, 2.24) is 24.1 Å². The Morgan fingerprint density at radius 3 is 1.45 bits per heavy atom. The van der Waals surface area contributed by atoms with Gasteiger partial charge in [-0.2, -0.15) is 0 Å². The smallest absolute Gasteiger partial charge is 0.164 e. The minimum atomic E-state index is 0.591. The van der Waals surface area contributed by atoms with Crippen LogP contribution in [0.4, 0.5) is 0 Å². The lowest BCUT2D eigenvalue weighted by atomic mass is 9.99. The van der Waals surface area contributed by atoms with E-state index in [4.69, 9.17) is 19.4 Å². The van der Waals surface area contributed by atoms with Crippen molar-refractivity contribution in [2.24, 2.45) is 0 Å². The molecule has 0 bridgehead atoms. The van der Waals surface area contributed by atoms with E-state index in [0.717, 1.165) is 72.2 Å². The highest BCUT2D eigenvalue weighted by atomic mass is 16.3. The van der Waals surface area contributed by atoms with Crippen molar-refractivity contribution < 1.29 is 4.42 Å². The van der Waals surface area contributed by atoms with Crippen molar-refractivity contribution in [3.8, 4) is 67.8 Å². The predicted molar refractivity (Wildman–Crippen MR) is 283 cm³/mol. The molecule has 14 aromatic rings. The van der Waals surface area contributed by atoms with Gasteiger partial charge in [0.1, 0.15) is 11.2 Å². The minimum Gasteiger partial charge on any atom is -0.456 e. The fraction of sp³-hybridized carbons (Fsp3) is 0. The van der Waals surface area contributed by atoms with Gasteiger partial charge in [-0.1, -0.05) is 164 Å². The summed E-state index contributed by atoms with van der Waals surface area (Å²) in [4.78, 5) is 15.2. The van der Waals surface area contributed by atoms with Crippen molar-refractivity contribution in [2.75, 3.05) is 0 Å². The Morgan fingerprint density at radius 1 is 0.275 bits per heavy atom. The first-order valence-corrected chi connectivity index (χ1v) is 23.3. The third-order valence-corrected chi connectivity index (χ3v) is 13.6. The number of rotatable bonds is 7. The number of fused-ring (bicyclic) bond motifs is 9. The average Bonchev–Trinajstić information content (AvgIpc) is 4.08. The van der Waals surface area contributed by atoms with Crippen molar-refractivity contribution in [2.45, 2.75) is 0 Å². The van der Waals surface area contributed by atoms with Gasteiger partial charge in [0, 0.05) is 60.4 Å². The van der Waals surface area contributed by atoms with Crippen LogP contribution in [0.2, 0.25) is 0 Å². The molecule has 6 nitrogen and oxygen atoms in total. The standard InChI is InChI=1S/C63H39N5O/c1-5-16-40(17-6-1)43-28-33-56-51(36-43)48-24-13-14-26-54(48)68(56)47-31-32-49-52-37-44(29-34-55(52)67(57(49)39-47)46-22-11-4-12-23-46)45-30-35-58-53(38-45)60-50(25-15-27-59(60)69-58)63-65-61(41-18-7-2-8-19-41)64-62(66-63)42-20-9-3-10-21-42/h1-39H. The fourth-order valence-electron chi connectivity index (χ4n) is 10.4. The van der Waals surface area contributed by atoms with Crippen LogP contribution in [0, 0.1) is 0 Å². The highest BCUT2D eigenvalue weighted by Gasteiger charge is 2.21. The first-order valence-electron chi connectivity index (χ1n) is 23.3. The summed E-state index contributed by atoms with van der Waals surface area (Å²) in [7, 11) is 0. The second kappa shape index (κ2) is 15.6. The molecule has 0 atom stereocenters. The van der Waals surface area contributed by atoms with Crippen LogP contribution < -0.4 is 0 Å². The van der Waals surface area contributed by atoms with Crippen LogP contribution in [0.3, 0.4) is 0 Å². The molecule has 0 aliphatic heterocycles. The van der Waals surface area contributed by atoms with Crippen LogP contribution in [0.15, 0.2) is 241 Å². The number of hydrogen-bond acceptors (Lipinski definition) is 4. The number of nitrogens with zero attached hydrogens (tertiary/aromatic N) is 5. The van der Waals surface area contributed by atoms with Crippen LogP contribution in [-0.2, 0) is 0 Å². The second-order valence-electron chi connectivity index (χ2n) is 17.6. The molecule has 0 saturated heterocycles. The molecule has 0 spiro atoms. The zero-order chi connectivity index (χ0) is 45.4. The van der Waals surface area contributed by atoms with E-state index in [0.29, 0.717) is 17.5 Å². The number of hydrogen-bond donors (Lipinski definition) is 0. The average molecular weight is 882 g/mol. The monoisotopic (exact) mass is 881 g/mol. The van der Waals surface area contributed by atoms with E-state index in [1.807, 2.05) is 72.8 Å². The normalized spacial score (nSPS) is 11.8. The second-order valence-corrected chi connectivity index (χ2v) is 17.6. The Labute approximate surface area is 396 Å². The number of furan rings is 1. The van der Waals surface area contributed by atoms with E-state index >= 15 is 0 Å². The van der Waals surface area contributed by atoms with E-state index < -0.39 is 0 Å². The molecule has 0 radical (unpaired) electrons. The number of para-hydroxylation sites is 2. The predicted octanol–water partition coefficient (Wildman–Crippen LogP) is 16.3. The molecule has 14 rings (SSSR count). The lowest BCUT2D eigenvalue weighted by Gasteiger charge is -2.11. The van der Waals surface area contributed by atoms with E-state index in [-0.39, 0.29) is 0 Å². The maximum Gasteiger partial charge on any atom is 0.164 e. The molecule has 0 N–H and O–H groups in total. The number of aromatic nitrogens is 5. The molecule has 0 aliphatic rings. The highest BCUT2D eigenvalue weighted by Crippen LogP contribution is 2.42. The summed E-state index contributed by atoms with van der Waals surface area (Å²) in [6, 6.07) is 83.5. The van der Waals surface area contributed by atoms with Crippen LogP contribution >= 0.6 is 0 Å². The van der Waals surface area contributed by atoms with E-state index in [9.17, 15) is 0 Å². The van der Waals surface area contributed by atoms with Gasteiger partial charge in [-0.15, -0.1) is 0 Å². The SMILES string of the molecule is c1ccc(-c2ccc3c(c2)c2ccccc2n3-c2ccc3c4cc(-c5ccc6oc7cccc(-c8nc(-c9ccccc9)nc(-c9ccccc9)n8)c7c6c5)ccc4n(-c4ccccc4)c3c2)cc1. The highest BCUT2D eigenvalue weighted by molar-refractivity contribution is 6.15. The minimum absolute atomic E-state index is 0.591. The van der Waals surface area contributed by atoms with Gasteiger partial charge in [0.15, 0.2) is 17.5 Å². The summed E-state index contributed by atoms with van der Waals surface area (Å²) >= 11 is 0. The van der Waals surface area contributed by atoms with Gasteiger partial charge < -0.3 is 13.6 Å². The zero-order valence-electron chi connectivity index (χ0n) is 37.2. The van der Waals surface area contributed by atoms with E-state index in [1.165, 1.54) is 43.7 Å². The Balaban J connectivity index is 0.930. The van der Waals surface area contributed by atoms with Gasteiger partial charge in [0.25, 0.3) is 0 Å². The summed E-state index contributed by atoms with van der Waals surface area (Å²) in [5.74, 6) is 1.83. The summed E-state index contributed by atoms with van der Waals surface area (Å²) in [5, 5.41) is 6.79. The Morgan fingerprint density at radius 2 is 0.783 bits per heavy atom. The molecule has 69 heavy (non-hydrogen) atoms. The van der Waals surface area contributed by atoms with Gasteiger partial charge >= 0.3 is 0 Å². The van der Waals surface area contributed by atoms with Gasteiger partial charge in [-0.05, 0) is 95.1 Å². The van der Waals surface area contributed by atoms with Gasteiger partial charge in [-0.3, -0.25) is 0 Å². The lowest BCUT2D eigenvalue weighted by Crippen LogP contribution is -2.00. The Kier molecular flexibility index (Phi) is 8.79. The molecule has 6 heteroatoms. The van der Waals surface area contributed by atoms with E-state index in [1.54, 1.807) is 0 Å². The van der Waals surface area contributed by atoms with Crippen LogP contribution in [0.5, 0.6) is 0 Å². The zero-order valence-corrected chi connectivity index (χ0v) is 37.2. The number of benzene rings is 10. The molecule has 4 heterocycles. The van der Waals surface area contributed by atoms with Gasteiger partial charge in [0.2, 0.25) is 0 Å². The topological polar surface area (TPSA) is 61.7 Å². The van der Waals surface area contributed by atoms with E-state index in [2.05, 4.69) is 173 Å². The Hall–Kier alpha value is -9.39. The maximum atomic E-state index is 6.56. The van der Waals surface area contributed by atoms with Crippen LogP contribution in [0.1, 0.15) is 0 Å². The molecule has 4 aromatic heterocycles. The van der Waals surface area contributed by atoms with Gasteiger partial charge in [-0.25, -0.2) is 15.0 Å². The molecule has 0 unspecified atom stereocenters. The van der Waals surface area contributed by atoms with Crippen molar-refractivity contribution >= 4 is 65.6 Å². The third-order valence-electron chi connectivity index (χ3n) is 13.6. The molecule has 0 aliphatic carbocycles. The summed E-state index contributed by atoms with van der Waals surface area (Å²) in [6.45, 7) is 0. The quantitative estimate of drug-likeness (QED) is 0.160. The summed E-state index contributed by atoms with van der Waals surface area (Å²) < 4.78 is 11.4. The molecular weight excluding hydrogens is 843 g/mol. The molecule has 322 valence electrons. The van der Waals surface area contributed by atoms with Crippen molar-refractivity contribution in [3.05, 3.63) is 237 Å². The van der Waals surface area contributed by atoms with Crippen molar-refractivity contribution in [3.63, 3.8) is 0 Å². The molecular formula is C63H39N5O.